The zero-order chi connectivity index (χ0) is 13.0. The number of carbonyl (C=O) groups excluding carboxylic acids is 1. The largest absolute Gasteiger partial charge is 0.496 e. The molecule has 0 unspecified atom stereocenters. The zero-order valence-corrected chi connectivity index (χ0v) is 11.2. The summed E-state index contributed by atoms with van der Waals surface area (Å²) in [7, 11) is 1.61. The van der Waals surface area contributed by atoms with Gasteiger partial charge in [0.1, 0.15) is 5.75 Å². The minimum atomic E-state index is 0.160. The Morgan fingerprint density at radius 2 is 2.11 bits per heavy atom. The van der Waals surface area contributed by atoms with E-state index in [2.05, 4.69) is 11.8 Å². The molecule has 0 amide bonds. The van der Waals surface area contributed by atoms with Crippen molar-refractivity contribution in [2.45, 2.75) is 32.2 Å². The molecule has 0 atom stereocenters. The van der Waals surface area contributed by atoms with Crippen molar-refractivity contribution in [2.24, 2.45) is 0 Å². The van der Waals surface area contributed by atoms with Crippen molar-refractivity contribution in [1.29, 1.82) is 0 Å². The van der Waals surface area contributed by atoms with Crippen LogP contribution in [0.4, 0.5) is 0 Å². The standard InChI is InChI=1S/C15H21NO2/c1-3-10-16(12-8-9-12)11-14(17)13-6-4-5-7-15(13)18-2/h4-7,12H,3,8-11H2,1-2H3. The summed E-state index contributed by atoms with van der Waals surface area (Å²) in [5.74, 6) is 0.836. The van der Waals surface area contributed by atoms with E-state index in [0.29, 0.717) is 23.9 Å². The molecular weight excluding hydrogens is 226 g/mol. The Morgan fingerprint density at radius 1 is 1.39 bits per heavy atom. The molecule has 0 aromatic heterocycles. The molecule has 0 aliphatic heterocycles. The van der Waals surface area contributed by atoms with E-state index >= 15 is 0 Å². The topological polar surface area (TPSA) is 29.5 Å². The summed E-state index contributed by atoms with van der Waals surface area (Å²) >= 11 is 0. The number of ketones is 1. The number of hydrogen-bond acceptors (Lipinski definition) is 3. The molecule has 98 valence electrons. The van der Waals surface area contributed by atoms with Crippen molar-refractivity contribution in [3.63, 3.8) is 0 Å². The Morgan fingerprint density at radius 3 is 2.72 bits per heavy atom. The number of para-hydroxylation sites is 1. The average Bonchev–Trinajstić information content (AvgIpc) is 3.22. The molecule has 18 heavy (non-hydrogen) atoms. The molecule has 0 spiro atoms. The zero-order valence-electron chi connectivity index (χ0n) is 11.2. The molecule has 1 aliphatic carbocycles. The van der Waals surface area contributed by atoms with E-state index < -0.39 is 0 Å². The number of methoxy groups -OCH3 is 1. The van der Waals surface area contributed by atoms with Gasteiger partial charge < -0.3 is 4.74 Å². The minimum Gasteiger partial charge on any atom is -0.496 e. The first-order valence-corrected chi connectivity index (χ1v) is 6.66. The molecule has 1 fully saturated rings. The average molecular weight is 247 g/mol. The highest BCUT2D eigenvalue weighted by Crippen LogP contribution is 2.27. The van der Waals surface area contributed by atoms with Crippen LogP contribution in [0, 0.1) is 0 Å². The lowest BCUT2D eigenvalue weighted by molar-refractivity contribution is 0.0922. The first kappa shape index (κ1) is 13.1. The van der Waals surface area contributed by atoms with Crippen LogP contribution in [0.5, 0.6) is 5.75 Å². The Kier molecular flexibility index (Phi) is 4.37. The van der Waals surface area contributed by atoms with Crippen molar-refractivity contribution in [1.82, 2.24) is 4.90 Å². The summed E-state index contributed by atoms with van der Waals surface area (Å²) in [4.78, 5) is 14.6. The number of rotatable bonds is 7. The first-order valence-electron chi connectivity index (χ1n) is 6.66. The van der Waals surface area contributed by atoms with E-state index in [-0.39, 0.29) is 5.78 Å². The smallest absolute Gasteiger partial charge is 0.180 e. The highest BCUT2D eigenvalue weighted by Gasteiger charge is 2.30. The van der Waals surface area contributed by atoms with E-state index in [1.165, 1.54) is 12.8 Å². The third-order valence-corrected chi connectivity index (χ3v) is 3.33. The van der Waals surface area contributed by atoms with Crippen LogP contribution in [-0.2, 0) is 0 Å². The van der Waals surface area contributed by atoms with Crippen molar-refractivity contribution < 1.29 is 9.53 Å². The minimum absolute atomic E-state index is 0.160. The number of nitrogens with zero attached hydrogens (tertiary/aromatic N) is 1. The van der Waals surface area contributed by atoms with Gasteiger partial charge in [0.15, 0.2) is 5.78 Å². The number of ether oxygens (including phenoxy) is 1. The molecular formula is C15H21NO2. The van der Waals surface area contributed by atoms with Gasteiger partial charge >= 0.3 is 0 Å². The van der Waals surface area contributed by atoms with Gasteiger partial charge in [-0.3, -0.25) is 9.69 Å². The fourth-order valence-electron chi connectivity index (χ4n) is 2.26. The van der Waals surface area contributed by atoms with Crippen LogP contribution in [0.3, 0.4) is 0 Å². The second-order valence-electron chi connectivity index (χ2n) is 4.83. The SMILES string of the molecule is CCCN(CC(=O)c1ccccc1OC)C1CC1. The predicted molar refractivity (Wildman–Crippen MR) is 72.2 cm³/mol. The lowest BCUT2D eigenvalue weighted by Gasteiger charge is -2.20. The highest BCUT2D eigenvalue weighted by atomic mass is 16.5. The molecule has 0 saturated heterocycles. The molecule has 3 nitrogen and oxygen atoms in total. The lowest BCUT2D eigenvalue weighted by atomic mass is 10.1. The van der Waals surface area contributed by atoms with Crippen LogP contribution in [0.1, 0.15) is 36.5 Å². The maximum Gasteiger partial charge on any atom is 0.180 e. The van der Waals surface area contributed by atoms with Crippen molar-refractivity contribution in [3.8, 4) is 5.75 Å². The van der Waals surface area contributed by atoms with Gasteiger partial charge in [-0.1, -0.05) is 19.1 Å². The molecule has 1 aromatic carbocycles. The molecule has 2 rings (SSSR count). The number of Topliss-reactive ketones (excluding diaryl/α,β-unsaturated/α-hetero) is 1. The highest BCUT2D eigenvalue weighted by molar-refractivity contribution is 6.00. The Balaban J connectivity index is 2.05. The van der Waals surface area contributed by atoms with Gasteiger partial charge in [-0.05, 0) is 37.9 Å². The summed E-state index contributed by atoms with van der Waals surface area (Å²) in [5, 5.41) is 0. The molecule has 0 radical (unpaired) electrons. The summed E-state index contributed by atoms with van der Waals surface area (Å²) in [6.45, 7) is 3.67. The van der Waals surface area contributed by atoms with Crippen LogP contribution in [0.15, 0.2) is 24.3 Å². The second kappa shape index (κ2) is 6.01. The number of carbonyl (C=O) groups is 1. The summed E-state index contributed by atoms with van der Waals surface area (Å²) in [5.41, 5.74) is 0.696. The van der Waals surface area contributed by atoms with E-state index in [0.717, 1.165) is 13.0 Å². The summed E-state index contributed by atoms with van der Waals surface area (Å²) in [6.07, 6.45) is 3.56. The lowest BCUT2D eigenvalue weighted by Crippen LogP contribution is -2.32. The van der Waals surface area contributed by atoms with Gasteiger partial charge in [-0.2, -0.15) is 0 Å². The maximum atomic E-state index is 12.3. The molecule has 1 aromatic rings. The van der Waals surface area contributed by atoms with Gasteiger partial charge in [-0.15, -0.1) is 0 Å². The Bertz CT molecular complexity index is 413. The second-order valence-corrected chi connectivity index (χ2v) is 4.83. The Hall–Kier alpha value is -1.35. The van der Waals surface area contributed by atoms with Crippen LogP contribution in [-0.4, -0.2) is 36.9 Å². The van der Waals surface area contributed by atoms with E-state index in [1.807, 2.05) is 24.3 Å². The van der Waals surface area contributed by atoms with Gasteiger partial charge in [0.25, 0.3) is 0 Å². The summed E-state index contributed by atoms with van der Waals surface area (Å²) in [6, 6.07) is 8.09. The van der Waals surface area contributed by atoms with Gasteiger partial charge in [0.2, 0.25) is 0 Å². The normalized spacial score (nSPS) is 14.8. The monoisotopic (exact) mass is 247 g/mol. The molecule has 1 saturated carbocycles. The number of benzene rings is 1. The molecule has 1 aliphatic rings. The van der Waals surface area contributed by atoms with E-state index in [1.54, 1.807) is 7.11 Å². The van der Waals surface area contributed by atoms with Crippen LogP contribution >= 0.6 is 0 Å². The van der Waals surface area contributed by atoms with Crippen molar-refractivity contribution in [3.05, 3.63) is 29.8 Å². The first-order chi connectivity index (χ1) is 8.76. The fourth-order valence-corrected chi connectivity index (χ4v) is 2.26. The van der Waals surface area contributed by atoms with Gasteiger partial charge in [0, 0.05) is 6.04 Å². The van der Waals surface area contributed by atoms with E-state index in [9.17, 15) is 4.79 Å². The predicted octanol–water partition coefficient (Wildman–Crippen LogP) is 2.75. The molecule has 0 heterocycles. The fraction of sp³-hybridized carbons (Fsp3) is 0.533. The molecule has 0 bridgehead atoms. The van der Waals surface area contributed by atoms with E-state index in [4.69, 9.17) is 4.74 Å². The quantitative estimate of drug-likeness (QED) is 0.694. The third-order valence-electron chi connectivity index (χ3n) is 3.33. The van der Waals surface area contributed by atoms with Gasteiger partial charge in [0.05, 0.1) is 19.2 Å². The van der Waals surface area contributed by atoms with Gasteiger partial charge in [-0.25, -0.2) is 0 Å². The van der Waals surface area contributed by atoms with Crippen LogP contribution < -0.4 is 4.74 Å². The summed E-state index contributed by atoms with van der Waals surface area (Å²) < 4.78 is 5.24. The molecule has 3 heteroatoms. The molecule has 0 N–H and O–H groups in total. The van der Waals surface area contributed by atoms with Crippen LogP contribution in [0.25, 0.3) is 0 Å². The number of hydrogen-bond donors (Lipinski definition) is 0. The van der Waals surface area contributed by atoms with Crippen molar-refractivity contribution >= 4 is 5.78 Å². The Labute approximate surface area is 109 Å². The van der Waals surface area contributed by atoms with Crippen molar-refractivity contribution in [2.75, 3.05) is 20.2 Å². The maximum absolute atomic E-state index is 12.3. The third kappa shape index (κ3) is 3.10. The van der Waals surface area contributed by atoms with Crippen LogP contribution in [0.2, 0.25) is 0 Å².